The summed E-state index contributed by atoms with van der Waals surface area (Å²) in [5, 5.41) is 0. The highest BCUT2D eigenvalue weighted by atomic mass is 19.1. The number of fused-ring (bicyclic) bond motifs is 3. The molecule has 0 saturated carbocycles. The van der Waals surface area contributed by atoms with Gasteiger partial charge >= 0.3 is 0 Å². The number of amides is 1. The maximum absolute atomic E-state index is 14.1. The van der Waals surface area contributed by atoms with Gasteiger partial charge in [0.1, 0.15) is 11.6 Å². The standard InChI is InChI=1S/C25H29F2N3O/c26-18-5-8-20(9-6-18)30-23-10-7-19(27)16-21(23)22-17-28(15-11-24(22)30)12-3-14-29-13-2-1-4-25(29)31/h5-10,16,22,24H,1-4,11-15,17H2. The molecule has 0 radical (unpaired) electrons. The topological polar surface area (TPSA) is 26.8 Å². The van der Waals surface area contributed by atoms with E-state index in [1.54, 1.807) is 6.07 Å². The van der Waals surface area contributed by atoms with E-state index in [2.05, 4.69) is 9.80 Å². The van der Waals surface area contributed by atoms with Crippen LogP contribution in [0.4, 0.5) is 20.2 Å². The van der Waals surface area contributed by atoms with E-state index in [1.165, 1.54) is 18.2 Å². The molecule has 0 spiro atoms. The summed E-state index contributed by atoms with van der Waals surface area (Å²) in [6.45, 7) is 4.53. The van der Waals surface area contributed by atoms with Crippen molar-refractivity contribution in [1.82, 2.24) is 9.80 Å². The van der Waals surface area contributed by atoms with Crippen molar-refractivity contribution in [2.75, 3.05) is 37.6 Å². The summed E-state index contributed by atoms with van der Waals surface area (Å²) in [6.07, 6.45) is 4.77. The lowest BCUT2D eigenvalue weighted by Gasteiger charge is -2.39. The van der Waals surface area contributed by atoms with Gasteiger partial charge in [-0.05, 0) is 80.3 Å². The number of benzene rings is 2. The van der Waals surface area contributed by atoms with Gasteiger partial charge in [0, 0.05) is 55.9 Å². The van der Waals surface area contributed by atoms with Crippen LogP contribution in [-0.2, 0) is 4.79 Å². The van der Waals surface area contributed by atoms with Gasteiger partial charge in [-0.3, -0.25) is 4.79 Å². The number of likely N-dealkylation sites (tertiary alicyclic amines) is 2. The van der Waals surface area contributed by atoms with Gasteiger partial charge in [-0.25, -0.2) is 8.78 Å². The van der Waals surface area contributed by atoms with E-state index in [-0.39, 0.29) is 23.6 Å². The Kier molecular flexibility index (Phi) is 5.65. The number of nitrogens with zero attached hydrogens (tertiary/aromatic N) is 3. The molecular weight excluding hydrogens is 396 g/mol. The molecule has 6 heteroatoms. The smallest absolute Gasteiger partial charge is 0.222 e. The molecule has 2 fully saturated rings. The maximum Gasteiger partial charge on any atom is 0.222 e. The predicted octanol–water partition coefficient (Wildman–Crippen LogP) is 4.68. The first kappa shape index (κ1) is 20.4. The quantitative estimate of drug-likeness (QED) is 0.696. The number of halogens is 2. The fourth-order valence-electron chi connectivity index (χ4n) is 5.56. The van der Waals surface area contributed by atoms with Crippen molar-refractivity contribution in [2.24, 2.45) is 0 Å². The zero-order valence-corrected chi connectivity index (χ0v) is 17.8. The van der Waals surface area contributed by atoms with Gasteiger partial charge in [0.25, 0.3) is 0 Å². The monoisotopic (exact) mass is 425 g/mol. The minimum Gasteiger partial charge on any atom is -0.343 e. The van der Waals surface area contributed by atoms with Crippen molar-refractivity contribution in [3.05, 3.63) is 59.7 Å². The molecule has 0 N–H and O–H groups in total. The SMILES string of the molecule is O=C1CCCCN1CCCN1CCC2C(C1)c1cc(F)ccc1N2c1ccc(F)cc1. The molecule has 0 aliphatic carbocycles. The van der Waals surface area contributed by atoms with Crippen molar-refractivity contribution in [3.63, 3.8) is 0 Å². The molecule has 31 heavy (non-hydrogen) atoms. The second-order valence-electron chi connectivity index (χ2n) is 9.00. The van der Waals surface area contributed by atoms with Crippen molar-refractivity contribution < 1.29 is 13.6 Å². The third-order valence-electron chi connectivity index (χ3n) is 7.07. The fourth-order valence-corrected chi connectivity index (χ4v) is 5.56. The van der Waals surface area contributed by atoms with E-state index in [4.69, 9.17) is 0 Å². The molecule has 2 aromatic carbocycles. The lowest BCUT2D eigenvalue weighted by molar-refractivity contribution is -0.133. The predicted molar refractivity (Wildman–Crippen MR) is 118 cm³/mol. The van der Waals surface area contributed by atoms with Gasteiger partial charge in [0.15, 0.2) is 0 Å². The Labute approximate surface area is 182 Å². The van der Waals surface area contributed by atoms with Gasteiger partial charge in [0.2, 0.25) is 5.91 Å². The molecule has 3 heterocycles. The van der Waals surface area contributed by atoms with E-state index < -0.39 is 0 Å². The first-order valence-electron chi connectivity index (χ1n) is 11.4. The first-order chi connectivity index (χ1) is 15.1. The largest absolute Gasteiger partial charge is 0.343 e. The molecular formula is C25H29F2N3O. The summed E-state index contributed by atoms with van der Waals surface area (Å²) >= 11 is 0. The highest BCUT2D eigenvalue weighted by molar-refractivity contribution is 5.76. The van der Waals surface area contributed by atoms with Crippen LogP contribution >= 0.6 is 0 Å². The number of carbonyl (C=O) groups excluding carboxylic acids is 1. The van der Waals surface area contributed by atoms with Crippen molar-refractivity contribution in [1.29, 1.82) is 0 Å². The average Bonchev–Trinajstić information content (AvgIpc) is 3.09. The Balaban J connectivity index is 1.30. The van der Waals surface area contributed by atoms with E-state index in [9.17, 15) is 13.6 Å². The molecule has 2 unspecified atom stereocenters. The Morgan fingerprint density at radius 3 is 2.55 bits per heavy atom. The summed E-state index contributed by atoms with van der Waals surface area (Å²) in [5.74, 6) is 0.0567. The highest BCUT2D eigenvalue weighted by Crippen LogP contribution is 2.48. The van der Waals surface area contributed by atoms with Gasteiger partial charge in [0.05, 0.1) is 0 Å². The van der Waals surface area contributed by atoms with E-state index in [1.807, 2.05) is 23.1 Å². The first-order valence-corrected chi connectivity index (χ1v) is 11.4. The molecule has 0 bridgehead atoms. The molecule has 2 atom stereocenters. The number of hydrogen-bond donors (Lipinski definition) is 0. The number of rotatable bonds is 5. The number of anilines is 2. The van der Waals surface area contributed by atoms with E-state index in [0.717, 1.165) is 75.3 Å². The number of carbonyl (C=O) groups is 1. The minimum atomic E-state index is -0.249. The van der Waals surface area contributed by atoms with Crippen molar-refractivity contribution >= 4 is 17.3 Å². The molecule has 2 saturated heterocycles. The average molecular weight is 426 g/mol. The molecule has 3 aliphatic heterocycles. The van der Waals surface area contributed by atoms with Crippen molar-refractivity contribution in [3.8, 4) is 0 Å². The van der Waals surface area contributed by atoms with Crippen LogP contribution in [0.2, 0.25) is 0 Å². The van der Waals surface area contributed by atoms with Crippen LogP contribution in [0.25, 0.3) is 0 Å². The number of hydrogen-bond acceptors (Lipinski definition) is 3. The number of piperidine rings is 2. The summed E-state index contributed by atoms with van der Waals surface area (Å²) in [7, 11) is 0. The fraction of sp³-hybridized carbons (Fsp3) is 0.480. The van der Waals surface area contributed by atoms with E-state index in [0.29, 0.717) is 12.3 Å². The van der Waals surface area contributed by atoms with Crippen LogP contribution in [0.1, 0.15) is 43.6 Å². The molecule has 4 nitrogen and oxygen atoms in total. The normalized spacial score (nSPS) is 23.7. The van der Waals surface area contributed by atoms with Crippen molar-refractivity contribution in [2.45, 2.75) is 44.1 Å². The lowest BCUT2D eigenvalue weighted by Crippen LogP contribution is -2.45. The minimum absolute atomic E-state index is 0.209. The van der Waals surface area contributed by atoms with E-state index >= 15 is 0 Å². The van der Waals surface area contributed by atoms with Crippen LogP contribution in [0.3, 0.4) is 0 Å². The second kappa shape index (κ2) is 8.58. The highest BCUT2D eigenvalue weighted by Gasteiger charge is 2.42. The van der Waals surface area contributed by atoms with Crippen LogP contribution in [0.15, 0.2) is 42.5 Å². The van der Waals surface area contributed by atoms with Crippen LogP contribution in [0, 0.1) is 11.6 Å². The summed E-state index contributed by atoms with van der Waals surface area (Å²) < 4.78 is 27.6. The third kappa shape index (κ3) is 4.05. The molecule has 164 valence electrons. The zero-order valence-electron chi connectivity index (χ0n) is 17.8. The molecule has 5 rings (SSSR count). The summed E-state index contributed by atoms with van der Waals surface area (Å²) in [5.41, 5.74) is 3.04. The van der Waals surface area contributed by atoms with Crippen LogP contribution in [0.5, 0.6) is 0 Å². The van der Waals surface area contributed by atoms with Gasteiger partial charge in [-0.15, -0.1) is 0 Å². The Morgan fingerprint density at radius 1 is 0.935 bits per heavy atom. The molecule has 0 aromatic heterocycles. The zero-order chi connectivity index (χ0) is 21.4. The van der Waals surface area contributed by atoms with Gasteiger partial charge < -0.3 is 14.7 Å². The van der Waals surface area contributed by atoms with Gasteiger partial charge in [-0.1, -0.05) is 0 Å². The second-order valence-corrected chi connectivity index (χ2v) is 9.00. The Bertz CT molecular complexity index is 948. The van der Waals surface area contributed by atoms with Crippen LogP contribution in [-0.4, -0.2) is 54.5 Å². The Hall–Kier alpha value is -2.47. The summed E-state index contributed by atoms with van der Waals surface area (Å²) in [4.78, 5) is 18.8. The third-order valence-corrected chi connectivity index (χ3v) is 7.07. The van der Waals surface area contributed by atoms with Crippen LogP contribution < -0.4 is 4.90 Å². The van der Waals surface area contributed by atoms with Gasteiger partial charge in [-0.2, -0.15) is 0 Å². The summed E-state index contributed by atoms with van der Waals surface area (Å²) in [6, 6.07) is 11.9. The molecule has 1 amide bonds. The molecule has 2 aromatic rings. The maximum atomic E-state index is 14.1. The Morgan fingerprint density at radius 2 is 1.74 bits per heavy atom. The molecule has 3 aliphatic rings. The lowest BCUT2D eigenvalue weighted by atomic mass is 9.89.